The SMILES string of the molecule is CCC(N)C(Oc1ccc(F)c(C)c1)c1ccccc1F. The van der Waals surface area contributed by atoms with Crippen molar-refractivity contribution in [3.8, 4) is 5.75 Å². The number of halogens is 2. The van der Waals surface area contributed by atoms with Crippen molar-refractivity contribution in [1.82, 2.24) is 0 Å². The first-order valence-corrected chi connectivity index (χ1v) is 6.95. The first-order valence-electron chi connectivity index (χ1n) is 6.95. The van der Waals surface area contributed by atoms with E-state index >= 15 is 0 Å². The van der Waals surface area contributed by atoms with Gasteiger partial charge in [-0.2, -0.15) is 0 Å². The predicted octanol–water partition coefficient (Wildman–Crippen LogP) is 4.13. The predicted molar refractivity (Wildman–Crippen MR) is 79.2 cm³/mol. The quantitative estimate of drug-likeness (QED) is 0.899. The molecule has 0 fully saturated rings. The number of benzene rings is 2. The Hall–Kier alpha value is -1.94. The highest BCUT2D eigenvalue weighted by atomic mass is 19.1. The fourth-order valence-corrected chi connectivity index (χ4v) is 2.14. The lowest BCUT2D eigenvalue weighted by atomic mass is 10.00. The second-order valence-electron chi connectivity index (χ2n) is 5.04. The van der Waals surface area contributed by atoms with Crippen LogP contribution in [0.25, 0.3) is 0 Å². The summed E-state index contributed by atoms with van der Waals surface area (Å²) >= 11 is 0. The average molecular weight is 291 g/mol. The van der Waals surface area contributed by atoms with Gasteiger partial charge in [0.15, 0.2) is 0 Å². The number of ether oxygens (including phenoxy) is 1. The van der Waals surface area contributed by atoms with Crippen LogP contribution in [0.1, 0.15) is 30.6 Å². The van der Waals surface area contributed by atoms with Crippen molar-refractivity contribution in [2.45, 2.75) is 32.4 Å². The van der Waals surface area contributed by atoms with Crippen LogP contribution in [-0.4, -0.2) is 6.04 Å². The van der Waals surface area contributed by atoms with Crippen LogP contribution in [0, 0.1) is 18.6 Å². The van der Waals surface area contributed by atoms with Crippen molar-refractivity contribution >= 4 is 0 Å². The molecule has 0 aliphatic carbocycles. The van der Waals surface area contributed by atoms with Gasteiger partial charge in [0, 0.05) is 11.6 Å². The van der Waals surface area contributed by atoms with Crippen molar-refractivity contribution < 1.29 is 13.5 Å². The number of rotatable bonds is 5. The Morgan fingerprint density at radius 1 is 1.10 bits per heavy atom. The van der Waals surface area contributed by atoms with Gasteiger partial charge < -0.3 is 10.5 Å². The molecule has 4 heteroatoms. The van der Waals surface area contributed by atoms with Crippen LogP contribution in [0.2, 0.25) is 0 Å². The van der Waals surface area contributed by atoms with E-state index in [1.807, 2.05) is 6.92 Å². The maximum Gasteiger partial charge on any atom is 0.142 e. The lowest BCUT2D eigenvalue weighted by Crippen LogP contribution is -2.32. The number of hydrogen-bond donors (Lipinski definition) is 1. The third-order valence-electron chi connectivity index (χ3n) is 3.46. The molecule has 112 valence electrons. The van der Waals surface area contributed by atoms with Crippen LogP contribution < -0.4 is 10.5 Å². The first kappa shape index (κ1) is 15.4. The van der Waals surface area contributed by atoms with Gasteiger partial charge >= 0.3 is 0 Å². The number of nitrogens with two attached hydrogens (primary N) is 1. The van der Waals surface area contributed by atoms with Gasteiger partial charge in [-0.1, -0.05) is 25.1 Å². The molecule has 2 atom stereocenters. The molecule has 0 bridgehead atoms. The Bertz CT molecular complexity index is 615. The zero-order valence-corrected chi connectivity index (χ0v) is 12.1. The minimum absolute atomic E-state index is 0.301. The molecule has 2 nitrogen and oxygen atoms in total. The van der Waals surface area contributed by atoms with Crippen molar-refractivity contribution in [1.29, 1.82) is 0 Å². The van der Waals surface area contributed by atoms with Gasteiger partial charge in [-0.3, -0.25) is 0 Å². The van der Waals surface area contributed by atoms with Gasteiger partial charge in [-0.25, -0.2) is 8.78 Å². The summed E-state index contributed by atoms with van der Waals surface area (Å²) in [4.78, 5) is 0. The zero-order chi connectivity index (χ0) is 15.4. The third kappa shape index (κ3) is 3.58. The topological polar surface area (TPSA) is 35.2 Å². The Morgan fingerprint density at radius 3 is 2.43 bits per heavy atom. The number of aryl methyl sites for hydroxylation is 1. The lowest BCUT2D eigenvalue weighted by Gasteiger charge is -2.25. The van der Waals surface area contributed by atoms with E-state index in [2.05, 4.69) is 0 Å². The van der Waals surface area contributed by atoms with Gasteiger partial charge in [-0.15, -0.1) is 0 Å². The van der Waals surface area contributed by atoms with Gasteiger partial charge in [0.2, 0.25) is 0 Å². The molecule has 0 amide bonds. The van der Waals surface area contributed by atoms with E-state index in [-0.39, 0.29) is 17.7 Å². The molecule has 0 aliphatic heterocycles. The fourth-order valence-electron chi connectivity index (χ4n) is 2.14. The fraction of sp³-hybridized carbons (Fsp3) is 0.294. The monoisotopic (exact) mass is 291 g/mol. The van der Waals surface area contributed by atoms with Crippen molar-refractivity contribution in [3.63, 3.8) is 0 Å². The second-order valence-corrected chi connectivity index (χ2v) is 5.04. The van der Waals surface area contributed by atoms with Gasteiger partial charge in [0.05, 0.1) is 0 Å². The minimum atomic E-state index is -0.610. The summed E-state index contributed by atoms with van der Waals surface area (Å²) in [6, 6.07) is 10.5. The smallest absolute Gasteiger partial charge is 0.142 e. The summed E-state index contributed by atoms with van der Waals surface area (Å²) in [7, 11) is 0. The Morgan fingerprint density at radius 2 is 1.81 bits per heavy atom. The van der Waals surface area contributed by atoms with Crippen LogP contribution in [0.15, 0.2) is 42.5 Å². The van der Waals surface area contributed by atoms with Crippen LogP contribution in [0.4, 0.5) is 8.78 Å². The zero-order valence-electron chi connectivity index (χ0n) is 12.1. The molecule has 2 N–H and O–H groups in total. The molecule has 0 aliphatic rings. The van der Waals surface area contributed by atoms with Crippen molar-refractivity contribution in [2.75, 3.05) is 0 Å². The molecule has 0 radical (unpaired) electrons. The molecule has 21 heavy (non-hydrogen) atoms. The normalized spacial score (nSPS) is 13.8. The van der Waals surface area contributed by atoms with Crippen LogP contribution in [0.3, 0.4) is 0 Å². The van der Waals surface area contributed by atoms with Gasteiger partial charge in [0.1, 0.15) is 23.5 Å². The van der Waals surface area contributed by atoms with Crippen LogP contribution in [0.5, 0.6) is 5.75 Å². The highest BCUT2D eigenvalue weighted by Crippen LogP contribution is 2.28. The molecule has 0 heterocycles. The largest absolute Gasteiger partial charge is 0.484 e. The molecule has 2 rings (SSSR count). The summed E-state index contributed by atoms with van der Waals surface area (Å²) in [5.74, 6) is -0.180. The Kier molecular flexibility index (Phi) is 4.91. The van der Waals surface area contributed by atoms with E-state index in [0.29, 0.717) is 23.3 Å². The lowest BCUT2D eigenvalue weighted by molar-refractivity contribution is 0.166. The summed E-state index contributed by atoms with van der Waals surface area (Å²) in [5, 5.41) is 0. The summed E-state index contributed by atoms with van der Waals surface area (Å²) < 4.78 is 33.1. The van der Waals surface area contributed by atoms with Crippen LogP contribution in [-0.2, 0) is 0 Å². The van der Waals surface area contributed by atoms with E-state index in [0.717, 1.165) is 0 Å². The van der Waals surface area contributed by atoms with E-state index in [1.165, 1.54) is 18.2 Å². The van der Waals surface area contributed by atoms with E-state index in [4.69, 9.17) is 10.5 Å². The molecule has 2 aromatic carbocycles. The molecule has 0 spiro atoms. The highest BCUT2D eigenvalue weighted by molar-refractivity contribution is 5.31. The second kappa shape index (κ2) is 6.68. The first-order chi connectivity index (χ1) is 10.0. The van der Waals surface area contributed by atoms with E-state index in [9.17, 15) is 8.78 Å². The van der Waals surface area contributed by atoms with Crippen LogP contribution >= 0.6 is 0 Å². The summed E-state index contributed by atoms with van der Waals surface area (Å²) in [5.41, 5.74) is 6.96. The summed E-state index contributed by atoms with van der Waals surface area (Å²) in [6.07, 6.45) is 0.0279. The molecule has 2 aromatic rings. The molecule has 0 saturated carbocycles. The van der Waals surface area contributed by atoms with Gasteiger partial charge in [-0.05, 0) is 43.2 Å². The van der Waals surface area contributed by atoms with Gasteiger partial charge in [0.25, 0.3) is 0 Å². The molecule has 0 aromatic heterocycles. The molecule has 2 unspecified atom stereocenters. The van der Waals surface area contributed by atoms with E-state index < -0.39 is 6.10 Å². The maximum absolute atomic E-state index is 14.0. The Labute approximate surface area is 123 Å². The molecular formula is C17H19F2NO. The Balaban J connectivity index is 2.33. The van der Waals surface area contributed by atoms with Crippen molar-refractivity contribution in [3.05, 3.63) is 65.2 Å². The third-order valence-corrected chi connectivity index (χ3v) is 3.46. The maximum atomic E-state index is 14.0. The average Bonchev–Trinajstić information content (AvgIpc) is 2.48. The van der Waals surface area contributed by atoms with E-state index in [1.54, 1.807) is 31.2 Å². The van der Waals surface area contributed by atoms with Crippen molar-refractivity contribution in [2.24, 2.45) is 5.73 Å². The molecule has 0 saturated heterocycles. The minimum Gasteiger partial charge on any atom is -0.484 e. The standard InChI is InChI=1S/C17H19F2NO/c1-3-16(20)17(13-6-4-5-7-15(13)19)21-12-8-9-14(18)11(2)10-12/h4-10,16-17H,3,20H2,1-2H3. The number of hydrogen-bond acceptors (Lipinski definition) is 2. The molecular weight excluding hydrogens is 272 g/mol. The summed E-state index contributed by atoms with van der Waals surface area (Å²) in [6.45, 7) is 3.57. The highest BCUT2D eigenvalue weighted by Gasteiger charge is 2.23.